The summed E-state index contributed by atoms with van der Waals surface area (Å²) in [5, 5.41) is 6.55. The van der Waals surface area contributed by atoms with Gasteiger partial charge in [0.2, 0.25) is 0 Å². The van der Waals surface area contributed by atoms with E-state index < -0.39 is 0 Å². The number of aromatic nitrogens is 3. The minimum atomic E-state index is 0.127. The minimum Gasteiger partial charge on any atom is -0.388 e. The van der Waals surface area contributed by atoms with Crippen LogP contribution in [0.4, 0.5) is 11.5 Å². The molecular weight excluding hydrogens is 286 g/mol. The van der Waals surface area contributed by atoms with Gasteiger partial charge in [0, 0.05) is 30.7 Å². The molecule has 5 nitrogen and oxygen atoms in total. The standard InChI is InChI=1S/C18H19N5/c1-13(14-5-3-7-16(9-14)19-2)22-18-12-21-11-17(23-18)15-6-4-8-20-10-15/h3-13,19H,1-2H3,(H,22,23). The van der Waals surface area contributed by atoms with Gasteiger partial charge in [-0.2, -0.15) is 0 Å². The van der Waals surface area contributed by atoms with Crippen molar-refractivity contribution in [1.82, 2.24) is 15.0 Å². The normalized spacial score (nSPS) is 11.7. The van der Waals surface area contributed by atoms with E-state index in [2.05, 4.69) is 44.6 Å². The molecule has 2 N–H and O–H groups in total. The van der Waals surface area contributed by atoms with Gasteiger partial charge < -0.3 is 10.6 Å². The van der Waals surface area contributed by atoms with Crippen LogP contribution < -0.4 is 10.6 Å². The van der Waals surface area contributed by atoms with E-state index in [0.717, 1.165) is 22.8 Å². The van der Waals surface area contributed by atoms with Crippen molar-refractivity contribution in [2.45, 2.75) is 13.0 Å². The lowest BCUT2D eigenvalue weighted by molar-refractivity contribution is 0.872. The molecule has 0 amide bonds. The number of nitrogens with zero attached hydrogens (tertiary/aromatic N) is 3. The molecule has 3 aromatic rings. The summed E-state index contributed by atoms with van der Waals surface area (Å²) in [6.07, 6.45) is 7.01. The van der Waals surface area contributed by atoms with Gasteiger partial charge in [0.05, 0.1) is 24.1 Å². The largest absolute Gasteiger partial charge is 0.388 e. The number of rotatable bonds is 5. The SMILES string of the molecule is CNc1cccc(C(C)Nc2cncc(-c3cccnc3)n2)c1. The maximum absolute atomic E-state index is 4.62. The van der Waals surface area contributed by atoms with Gasteiger partial charge in [-0.3, -0.25) is 9.97 Å². The summed E-state index contributed by atoms with van der Waals surface area (Å²) in [5.41, 5.74) is 4.03. The van der Waals surface area contributed by atoms with Gasteiger partial charge in [-0.25, -0.2) is 4.98 Å². The van der Waals surface area contributed by atoms with Gasteiger partial charge in [-0.1, -0.05) is 12.1 Å². The van der Waals surface area contributed by atoms with Crippen molar-refractivity contribution >= 4 is 11.5 Å². The molecule has 2 heterocycles. The number of nitrogens with one attached hydrogen (secondary N) is 2. The van der Waals surface area contributed by atoms with Crippen LogP contribution in [-0.4, -0.2) is 22.0 Å². The van der Waals surface area contributed by atoms with Gasteiger partial charge in [0.25, 0.3) is 0 Å². The van der Waals surface area contributed by atoms with Gasteiger partial charge in [-0.15, -0.1) is 0 Å². The van der Waals surface area contributed by atoms with Crippen molar-refractivity contribution < 1.29 is 0 Å². The lowest BCUT2D eigenvalue weighted by Crippen LogP contribution is -2.09. The summed E-state index contributed by atoms with van der Waals surface area (Å²) < 4.78 is 0. The molecule has 3 rings (SSSR count). The zero-order valence-corrected chi connectivity index (χ0v) is 13.2. The average molecular weight is 305 g/mol. The Morgan fingerprint density at radius 2 is 1.91 bits per heavy atom. The Morgan fingerprint density at radius 1 is 1.00 bits per heavy atom. The topological polar surface area (TPSA) is 62.7 Å². The fraction of sp³-hybridized carbons (Fsp3) is 0.167. The quantitative estimate of drug-likeness (QED) is 0.751. The van der Waals surface area contributed by atoms with Crippen LogP contribution in [0.2, 0.25) is 0 Å². The van der Waals surface area contributed by atoms with Gasteiger partial charge in [-0.05, 0) is 36.8 Å². The highest BCUT2D eigenvalue weighted by molar-refractivity contribution is 5.58. The Bertz CT molecular complexity index is 773. The number of hydrogen-bond donors (Lipinski definition) is 2. The molecule has 0 bridgehead atoms. The van der Waals surface area contributed by atoms with Gasteiger partial charge in [0.1, 0.15) is 5.82 Å². The predicted molar refractivity (Wildman–Crippen MR) is 93.3 cm³/mol. The molecule has 0 spiro atoms. The molecule has 1 aromatic carbocycles. The van der Waals surface area contributed by atoms with E-state index in [0.29, 0.717) is 0 Å². The van der Waals surface area contributed by atoms with Crippen molar-refractivity contribution in [3.8, 4) is 11.3 Å². The number of anilines is 2. The molecule has 0 saturated heterocycles. The lowest BCUT2D eigenvalue weighted by atomic mass is 10.1. The number of pyridine rings is 1. The van der Waals surface area contributed by atoms with Gasteiger partial charge in [0.15, 0.2) is 0 Å². The Labute approximate surface area is 135 Å². The summed E-state index contributed by atoms with van der Waals surface area (Å²) in [6.45, 7) is 2.10. The van der Waals surface area contributed by atoms with E-state index in [1.165, 1.54) is 5.56 Å². The highest BCUT2D eigenvalue weighted by Gasteiger charge is 2.08. The van der Waals surface area contributed by atoms with Crippen LogP contribution >= 0.6 is 0 Å². The fourth-order valence-corrected chi connectivity index (χ4v) is 2.36. The molecular formula is C18H19N5. The zero-order valence-electron chi connectivity index (χ0n) is 13.2. The van der Waals surface area contributed by atoms with Crippen molar-refractivity contribution in [3.05, 3.63) is 66.7 Å². The minimum absolute atomic E-state index is 0.127. The summed E-state index contributed by atoms with van der Waals surface area (Å²) in [6, 6.07) is 12.3. The Kier molecular flexibility index (Phi) is 4.47. The van der Waals surface area contributed by atoms with Crippen molar-refractivity contribution in [1.29, 1.82) is 0 Å². The third-order valence-corrected chi connectivity index (χ3v) is 3.63. The Hall–Kier alpha value is -2.95. The van der Waals surface area contributed by atoms with Crippen molar-refractivity contribution in [3.63, 3.8) is 0 Å². The molecule has 0 fully saturated rings. The van der Waals surface area contributed by atoms with Crippen molar-refractivity contribution in [2.75, 3.05) is 17.7 Å². The molecule has 5 heteroatoms. The highest BCUT2D eigenvalue weighted by Crippen LogP contribution is 2.22. The van der Waals surface area contributed by atoms with Crippen LogP contribution in [-0.2, 0) is 0 Å². The van der Waals surface area contributed by atoms with Crippen LogP contribution in [0.25, 0.3) is 11.3 Å². The second kappa shape index (κ2) is 6.87. The fourth-order valence-electron chi connectivity index (χ4n) is 2.36. The van der Waals surface area contributed by atoms with E-state index in [9.17, 15) is 0 Å². The van der Waals surface area contributed by atoms with E-state index >= 15 is 0 Å². The smallest absolute Gasteiger partial charge is 0.145 e. The predicted octanol–water partition coefficient (Wildman–Crippen LogP) is 3.75. The molecule has 0 radical (unpaired) electrons. The molecule has 0 aliphatic rings. The van der Waals surface area contributed by atoms with E-state index in [-0.39, 0.29) is 6.04 Å². The number of hydrogen-bond acceptors (Lipinski definition) is 5. The van der Waals surface area contributed by atoms with Crippen LogP contribution in [0.1, 0.15) is 18.5 Å². The van der Waals surface area contributed by atoms with Crippen LogP contribution in [0.3, 0.4) is 0 Å². The summed E-state index contributed by atoms with van der Waals surface area (Å²) in [4.78, 5) is 13.0. The third-order valence-electron chi connectivity index (χ3n) is 3.63. The molecule has 116 valence electrons. The summed E-state index contributed by atoms with van der Waals surface area (Å²) in [7, 11) is 1.92. The second-order valence-corrected chi connectivity index (χ2v) is 5.27. The molecule has 23 heavy (non-hydrogen) atoms. The monoisotopic (exact) mass is 305 g/mol. The maximum Gasteiger partial charge on any atom is 0.145 e. The Balaban J connectivity index is 1.80. The molecule has 1 atom stereocenters. The van der Waals surface area contributed by atoms with Crippen LogP contribution in [0.5, 0.6) is 0 Å². The van der Waals surface area contributed by atoms with Crippen LogP contribution in [0.15, 0.2) is 61.2 Å². The second-order valence-electron chi connectivity index (χ2n) is 5.27. The first-order valence-corrected chi connectivity index (χ1v) is 7.53. The first-order chi connectivity index (χ1) is 11.3. The first kappa shape index (κ1) is 15.0. The maximum atomic E-state index is 4.62. The number of benzene rings is 1. The van der Waals surface area contributed by atoms with Gasteiger partial charge >= 0.3 is 0 Å². The van der Waals surface area contributed by atoms with E-state index in [4.69, 9.17) is 0 Å². The summed E-state index contributed by atoms with van der Waals surface area (Å²) in [5.74, 6) is 0.744. The third kappa shape index (κ3) is 3.63. The lowest BCUT2D eigenvalue weighted by Gasteiger charge is -2.16. The molecule has 0 aliphatic carbocycles. The van der Waals surface area contributed by atoms with Crippen molar-refractivity contribution in [2.24, 2.45) is 0 Å². The molecule has 0 saturated carbocycles. The highest BCUT2D eigenvalue weighted by atomic mass is 15.0. The Morgan fingerprint density at radius 3 is 2.70 bits per heavy atom. The molecule has 2 aromatic heterocycles. The average Bonchev–Trinajstić information content (AvgIpc) is 2.63. The van der Waals surface area contributed by atoms with Crippen LogP contribution in [0, 0.1) is 0 Å². The van der Waals surface area contributed by atoms with E-state index in [1.54, 1.807) is 24.8 Å². The zero-order chi connectivity index (χ0) is 16.1. The molecule has 0 aliphatic heterocycles. The van der Waals surface area contributed by atoms with E-state index in [1.807, 2.05) is 31.3 Å². The molecule has 1 unspecified atom stereocenters. The first-order valence-electron chi connectivity index (χ1n) is 7.53. The summed E-state index contributed by atoms with van der Waals surface area (Å²) >= 11 is 0.